The number of anilines is 2. The fraction of sp³-hybridized carbons (Fsp3) is 0.200. The highest BCUT2D eigenvalue weighted by molar-refractivity contribution is 6.01. The molecule has 0 saturated carbocycles. The van der Waals surface area contributed by atoms with Gasteiger partial charge in [0, 0.05) is 45.8 Å². The minimum Gasteiger partial charge on any atom is -0.493 e. The van der Waals surface area contributed by atoms with Gasteiger partial charge in [0.25, 0.3) is 0 Å². The molecule has 0 spiro atoms. The molecule has 0 aliphatic carbocycles. The molecular formula is C45H50ClFN6O8. The molecule has 14 nitrogen and oxygen atoms in total. The third kappa shape index (κ3) is 18.6. The Morgan fingerprint density at radius 1 is 0.787 bits per heavy atom. The summed E-state index contributed by atoms with van der Waals surface area (Å²) in [6.45, 7) is 9.45. The summed E-state index contributed by atoms with van der Waals surface area (Å²) < 4.78 is 42.7. The normalized spacial score (nSPS) is 9.93. The maximum Gasteiger partial charge on any atom is 0.373 e. The number of aromatic nitrogens is 4. The molecule has 0 aliphatic heterocycles. The third-order valence-electron chi connectivity index (χ3n) is 7.90. The van der Waals surface area contributed by atoms with Crippen LogP contribution in [0.3, 0.4) is 0 Å². The molecule has 6 rings (SSSR count). The van der Waals surface area contributed by atoms with Crippen LogP contribution in [0.1, 0.15) is 33.4 Å². The van der Waals surface area contributed by atoms with Crippen molar-refractivity contribution < 1.29 is 42.5 Å². The van der Waals surface area contributed by atoms with E-state index in [1.807, 2.05) is 58.7 Å². The number of nitrogens with one attached hydrogen (secondary N) is 1. The average molecular weight is 857 g/mol. The summed E-state index contributed by atoms with van der Waals surface area (Å²) >= 11 is 0. The Hall–Kier alpha value is -7.03. The second-order valence-electron chi connectivity index (χ2n) is 12.7. The van der Waals surface area contributed by atoms with E-state index in [0.29, 0.717) is 35.2 Å². The molecule has 6 aromatic rings. The van der Waals surface area contributed by atoms with E-state index in [0.717, 1.165) is 17.7 Å². The van der Waals surface area contributed by atoms with Crippen LogP contribution in [-0.4, -0.2) is 66.1 Å². The Labute approximate surface area is 360 Å². The number of hydrogen-bond acceptors (Lipinski definition) is 11. The Bertz CT molecular complexity index is 2320. The van der Waals surface area contributed by atoms with Gasteiger partial charge in [-0.05, 0) is 66.4 Å². The molecule has 0 saturated heterocycles. The lowest BCUT2D eigenvalue weighted by Crippen LogP contribution is -2.08. The summed E-state index contributed by atoms with van der Waals surface area (Å²) in [6.07, 6.45) is 11.9. The number of amides is 1. The van der Waals surface area contributed by atoms with Gasteiger partial charge in [-0.1, -0.05) is 84.4 Å². The van der Waals surface area contributed by atoms with Crippen molar-refractivity contribution in [3.05, 3.63) is 162 Å². The molecular weight excluding hydrogens is 807 g/mol. The monoisotopic (exact) mass is 856 g/mol. The van der Waals surface area contributed by atoms with Gasteiger partial charge < -0.3 is 43.9 Å². The molecule has 2 heterocycles. The highest BCUT2D eigenvalue weighted by atomic mass is 35.5. The Kier molecular flexibility index (Phi) is 22.7. The quantitative estimate of drug-likeness (QED) is 0.0758. The van der Waals surface area contributed by atoms with Crippen LogP contribution < -0.4 is 25.3 Å². The summed E-state index contributed by atoms with van der Waals surface area (Å²) in [5.74, 6) is 1.59. The number of benzene rings is 4. The van der Waals surface area contributed by atoms with Crippen molar-refractivity contribution >= 4 is 48.3 Å². The predicted octanol–water partition coefficient (Wildman–Crippen LogP) is 7.99. The molecule has 61 heavy (non-hydrogen) atoms. The number of aryl methyl sites for hydroxylation is 2. The average Bonchev–Trinajstić information content (AvgIpc) is 3.86. The van der Waals surface area contributed by atoms with Crippen molar-refractivity contribution in [2.45, 2.75) is 26.9 Å². The first kappa shape index (κ1) is 50.1. The van der Waals surface area contributed by atoms with E-state index in [4.69, 9.17) is 39.0 Å². The zero-order valence-electron chi connectivity index (χ0n) is 34.6. The largest absolute Gasteiger partial charge is 0.493 e. The predicted molar refractivity (Wildman–Crippen MR) is 234 cm³/mol. The van der Waals surface area contributed by atoms with E-state index in [-0.39, 0.29) is 43.8 Å². The smallest absolute Gasteiger partial charge is 0.373 e. The van der Waals surface area contributed by atoms with E-state index in [1.165, 1.54) is 42.0 Å². The number of imidazole rings is 2. The molecule has 16 heteroatoms. The van der Waals surface area contributed by atoms with Crippen LogP contribution in [0.2, 0.25) is 0 Å². The maximum atomic E-state index is 13.7. The molecule has 0 aliphatic rings. The number of nitrogens with two attached hydrogens (primary N) is 1. The maximum absolute atomic E-state index is 13.7. The molecule has 0 unspecified atom stereocenters. The summed E-state index contributed by atoms with van der Waals surface area (Å²) in [4.78, 5) is 36.6. The molecule has 0 atom stereocenters. The van der Waals surface area contributed by atoms with Crippen LogP contribution >= 0.6 is 12.4 Å². The molecule has 0 bridgehead atoms. The first-order valence-electron chi connectivity index (χ1n) is 18.2. The van der Waals surface area contributed by atoms with Crippen molar-refractivity contribution in [1.29, 1.82) is 0 Å². The summed E-state index contributed by atoms with van der Waals surface area (Å²) in [5.41, 5.74) is 12.0. The van der Waals surface area contributed by atoms with Gasteiger partial charge in [0.15, 0.2) is 42.5 Å². The van der Waals surface area contributed by atoms with Crippen LogP contribution in [0.5, 0.6) is 17.2 Å². The van der Waals surface area contributed by atoms with Gasteiger partial charge in [0.05, 0.1) is 19.8 Å². The van der Waals surface area contributed by atoms with Gasteiger partial charge in [-0.3, -0.25) is 4.79 Å². The molecule has 1 amide bonds. The van der Waals surface area contributed by atoms with Crippen molar-refractivity contribution in [1.82, 2.24) is 19.1 Å². The van der Waals surface area contributed by atoms with Gasteiger partial charge >= 0.3 is 6.15 Å². The van der Waals surface area contributed by atoms with Gasteiger partial charge in [0.2, 0.25) is 5.91 Å². The number of methoxy groups -OCH3 is 3. The van der Waals surface area contributed by atoms with Gasteiger partial charge in [-0.15, -0.1) is 12.4 Å². The number of carbonyl (C=O) groups is 1. The first-order chi connectivity index (χ1) is 29.0. The Morgan fingerprint density at radius 3 is 1.89 bits per heavy atom. The number of halogens is 2. The number of ether oxygens (including phenoxy) is 5. The van der Waals surface area contributed by atoms with E-state index in [1.54, 1.807) is 51.3 Å². The van der Waals surface area contributed by atoms with Gasteiger partial charge in [0.1, 0.15) is 5.82 Å². The second-order valence-corrected chi connectivity index (χ2v) is 12.7. The van der Waals surface area contributed by atoms with Crippen LogP contribution in [0.25, 0.3) is 12.2 Å². The van der Waals surface area contributed by atoms with Gasteiger partial charge in [-0.25, -0.2) is 14.4 Å². The molecule has 322 valence electrons. The van der Waals surface area contributed by atoms with Crippen LogP contribution in [-0.2, 0) is 36.9 Å². The fourth-order valence-corrected chi connectivity index (χ4v) is 5.27. The van der Waals surface area contributed by atoms with E-state index < -0.39 is 5.82 Å². The van der Waals surface area contributed by atoms with Crippen LogP contribution in [0.15, 0.2) is 123 Å². The zero-order chi connectivity index (χ0) is 43.7. The van der Waals surface area contributed by atoms with Crippen molar-refractivity contribution in [2.24, 2.45) is 0 Å². The molecule has 3 N–H and O–H groups in total. The lowest BCUT2D eigenvalue weighted by Gasteiger charge is -2.10. The Balaban J connectivity index is 0.000000335. The molecule has 4 aromatic carbocycles. The zero-order valence-corrected chi connectivity index (χ0v) is 35.4. The van der Waals surface area contributed by atoms with Crippen molar-refractivity contribution in [2.75, 3.05) is 46.0 Å². The van der Waals surface area contributed by atoms with Crippen molar-refractivity contribution in [3.63, 3.8) is 0 Å². The summed E-state index contributed by atoms with van der Waals surface area (Å²) in [6, 6.07) is 26.5. The molecule has 0 fully saturated rings. The minimum absolute atomic E-state index is 0. The molecule has 2 aromatic heterocycles. The lowest BCUT2D eigenvalue weighted by molar-refractivity contribution is -0.191. The van der Waals surface area contributed by atoms with E-state index >= 15 is 0 Å². The van der Waals surface area contributed by atoms with E-state index in [9.17, 15) is 9.18 Å². The third-order valence-corrected chi connectivity index (χ3v) is 7.90. The number of hydrogen-bond donors (Lipinski definition) is 2. The van der Waals surface area contributed by atoms with E-state index in [2.05, 4.69) is 59.1 Å². The highest BCUT2D eigenvalue weighted by Gasteiger charge is 2.07. The standard InChI is InChI=1S/C22H22FN3O3.C11H13N3.C11H14O3.CO2.ClH/c1-16-4-3-5-18(10-16)12-26-13-21(24-14-26)25-22(27)9-7-17-6-8-19(23)20(11-17)29-15-28-2;1-9-3-2-4-10(5-9)6-14-7-11(12)13-8-14;1-4-9-5-6-10(13-3)11(7-9)14-8-12-2;2-1-3;/h3-11,13-14H,12,15H2,1-2H3,(H,25,27);2-5,7-8H,6,12H2,1H3;4-7H,1,8H2,2-3H3;;1H/b9-7+;;;;. The van der Waals surface area contributed by atoms with Crippen LogP contribution in [0.4, 0.5) is 16.0 Å². The SMILES string of the molecule is C=Cc1ccc(OC)c(OCOC)c1.COCOc1cc(/C=C/C(=O)Nc2cn(Cc3cccc(C)c3)cn2)ccc1F.Cc1cccc(Cn2cnc(N)c2)c1.Cl.O=C=O. The first-order valence-corrected chi connectivity index (χ1v) is 18.2. The lowest BCUT2D eigenvalue weighted by atomic mass is 10.1. The number of nitrogen functional groups attached to an aromatic ring is 1. The number of rotatable bonds is 15. The molecule has 0 radical (unpaired) electrons. The number of carbonyl (C=O) groups excluding carboxylic acids is 3. The van der Waals surface area contributed by atoms with Crippen LogP contribution in [0, 0.1) is 19.7 Å². The minimum atomic E-state index is -0.497. The number of nitrogens with zero attached hydrogens (tertiary/aromatic N) is 4. The van der Waals surface area contributed by atoms with Crippen molar-refractivity contribution in [3.8, 4) is 17.2 Å². The highest BCUT2D eigenvalue weighted by Crippen LogP contribution is 2.28. The topological polar surface area (TPSA) is 171 Å². The fourth-order valence-electron chi connectivity index (χ4n) is 5.27. The second kappa shape index (κ2) is 27.6. The van der Waals surface area contributed by atoms with Gasteiger partial charge in [-0.2, -0.15) is 9.59 Å². The Morgan fingerprint density at radius 2 is 1.34 bits per heavy atom. The summed E-state index contributed by atoms with van der Waals surface area (Å²) in [5, 5.41) is 2.71. The summed E-state index contributed by atoms with van der Waals surface area (Å²) in [7, 11) is 4.63.